The van der Waals surface area contributed by atoms with Crippen LogP contribution in [0.5, 0.6) is 5.75 Å². The van der Waals surface area contributed by atoms with E-state index in [0.717, 1.165) is 28.6 Å². The Kier molecular flexibility index (Phi) is 4.20. The molecule has 0 saturated carbocycles. The number of hydrogen-bond donors (Lipinski definition) is 0. The maximum atomic E-state index is 14.9. The first kappa shape index (κ1) is 18.2. The molecule has 0 aliphatic heterocycles. The van der Waals surface area contributed by atoms with E-state index in [0.29, 0.717) is 28.0 Å². The summed E-state index contributed by atoms with van der Waals surface area (Å²) in [5.74, 6) is 0.196. The molecule has 0 amide bonds. The van der Waals surface area contributed by atoms with Gasteiger partial charge in [-0.3, -0.25) is 4.68 Å². The number of ether oxygens (including phenoxy) is 1. The van der Waals surface area contributed by atoms with E-state index < -0.39 is 0 Å². The van der Waals surface area contributed by atoms with Crippen LogP contribution in [0.1, 0.15) is 6.92 Å². The molecule has 3 aromatic heterocycles. The molecule has 0 bridgehead atoms. The van der Waals surface area contributed by atoms with Crippen molar-refractivity contribution in [1.82, 2.24) is 29.5 Å². The van der Waals surface area contributed by atoms with Crippen LogP contribution in [0.15, 0.2) is 49.1 Å². The van der Waals surface area contributed by atoms with E-state index in [2.05, 4.69) is 20.3 Å². The summed E-state index contributed by atoms with van der Waals surface area (Å²) in [4.78, 5) is 4.50. The van der Waals surface area contributed by atoms with E-state index in [1.165, 1.54) is 6.07 Å². The van der Waals surface area contributed by atoms with Gasteiger partial charge in [0.1, 0.15) is 16.9 Å². The Labute approximate surface area is 171 Å². The van der Waals surface area contributed by atoms with E-state index in [9.17, 15) is 4.39 Å². The third-order valence-electron chi connectivity index (χ3n) is 5.26. The molecule has 2 aromatic carbocycles. The van der Waals surface area contributed by atoms with Crippen LogP contribution < -0.4 is 4.74 Å². The van der Waals surface area contributed by atoms with E-state index in [-0.39, 0.29) is 5.82 Å². The van der Waals surface area contributed by atoms with Gasteiger partial charge in [-0.05, 0) is 30.7 Å². The smallest absolute Gasteiger partial charge is 0.183 e. The number of benzene rings is 2. The summed E-state index contributed by atoms with van der Waals surface area (Å²) in [5.41, 5.74) is 4.79. The zero-order valence-corrected chi connectivity index (χ0v) is 16.8. The van der Waals surface area contributed by atoms with Crippen LogP contribution in [-0.2, 0) is 13.6 Å². The minimum atomic E-state index is -0.343. The second-order valence-corrected chi connectivity index (χ2v) is 7.04. The summed E-state index contributed by atoms with van der Waals surface area (Å²) in [6.45, 7) is 2.76. The van der Waals surface area contributed by atoms with Gasteiger partial charge < -0.3 is 9.30 Å². The van der Waals surface area contributed by atoms with Crippen LogP contribution >= 0.6 is 0 Å². The molecule has 150 valence electrons. The first-order valence-electron chi connectivity index (χ1n) is 9.58. The topological polar surface area (TPSA) is 70.7 Å². The monoisotopic (exact) mass is 402 g/mol. The van der Waals surface area contributed by atoms with Crippen molar-refractivity contribution in [1.29, 1.82) is 0 Å². The Balaban J connectivity index is 1.73. The van der Waals surface area contributed by atoms with Crippen molar-refractivity contribution in [2.75, 3.05) is 7.11 Å². The Bertz CT molecular complexity index is 1400. The molecular formula is C22H19FN6O. The van der Waals surface area contributed by atoms with Gasteiger partial charge in [0, 0.05) is 41.9 Å². The van der Waals surface area contributed by atoms with E-state index in [4.69, 9.17) is 4.74 Å². The highest BCUT2D eigenvalue weighted by molar-refractivity contribution is 5.94. The predicted molar refractivity (Wildman–Crippen MR) is 113 cm³/mol. The predicted octanol–water partition coefficient (Wildman–Crippen LogP) is 4.21. The minimum absolute atomic E-state index is 0.343. The SMILES string of the molecule is CCn1cnc2c(-c3ccc(F)c(-c4ccc5cn(C)nc5c4OC)c3)cnnc21. The van der Waals surface area contributed by atoms with Gasteiger partial charge in [0.15, 0.2) is 11.4 Å². The van der Waals surface area contributed by atoms with Crippen LogP contribution in [0.4, 0.5) is 4.39 Å². The second-order valence-electron chi connectivity index (χ2n) is 7.04. The number of methoxy groups -OCH3 is 1. The lowest BCUT2D eigenvalue weighted by Gasteiger charge is -2.12. The molecule has 0 N–H and O–H groups in total. The Morgan fingerprint density at radius 3 is 2.73 bits per heavy atom. The Morgan fingerprint density at radius 2 is 1.93 bits per heavy atom. The summed E-state index contributed by atoms with van der Waals surface area (Å²) < 4.78 is 24.2. The lowest BCUT2D eigenvalue weighted by Crippen LogP contribution is -1.96. The highest BCUT2D eigenvalue weighted by Crippen LogP contribution is 2.39. The molecule has 0 saturated heterocycles. The van der Waals surface area contributed by atoms with Gasteiger partial charge >= 0.3 is 0 Å². The molecule has 7 nitrogen and oxygen atoms in total. The number of nitrogens with zero attached hydrogens (tertiary/aromatic N) is 6. The van der Waals surface area contributed by atoms with Gasteiger partial charge in [0.25, 0.3) is 0 Å². The first-order chi connectivity index (χ1) is 14.6. The summed E-state index contributed by atoms with van der Waals surface area (Å²) >= 11 is 0. The van der Waals surface area contributed by atoms with Gasteiger partial charge in [-0.25, -0.2) is 9.37 Å². The minimum Gasteiger partial charge on any atom is -0.494 e. The molecule has 0 radical (unpaired) electrons. The average molecular weight is 402 g/mol. The van der Waals surface area contributed by atoms with Gasteiger partial charge in [0.05, 0.1) is 19.6 Å². The van der Waals surface area contributed by atoms with Crippen LogP contribution in [-0.4, -0.2) is 36.6 Å². The number of halogens is 1. The van der Waals surface area contributed by atoms with E-state index >= 15 is 0 Å². The quantitative estimate of drug-likeness (QED) is 0.450. The normalized spacial score (nSPS) is 11.5. The van der Waals surface area contributed by atoms with Gasteiger partial charge in [0.2, 0.25) is 0 Å². The van der Waals surface area contributed by atoms with Crippen molar-refractivity contribution in [2.24, 2.45) is 7.05 Å². The van der Waals surface area contributed by atoms with Crippen molar-refractivity contribution < 1.29 is 9.13 Å². The van der Waals surface area contributed by atoms with E-state index in [1.54, 1.807) is 36.4 Å². The van der Waals surface area contributed by atoms with E-state index in [1.807, 2.05) is 36.9 Å². The number of fused-ring (bicyclic) bond motifs is 2. The molecule has 0 aliphatic rings. The summed E-state index contributed by atoms with van der Waals surface area (Å²) in [6, 6.07) is 8.75. The number of aromatic nitrogens is 6. The fourth-order valence-corrected chi connectivity index (χ4v) is 3.82. The second kappa shape index (κ2) is 6.91. The largest absolute Gasteiger partial charge is 0.494 e. The first-order valence-corrected chi connectivity index (χ1v) is 9.58. The van der Waals surface area contributed by atoms with Crippen LogP contribution in [0.25, 0.3) is 44.3 Å². The van der Waals surface area contributed by atoms with Crippen molar-refractivity contribution in [3.8, 4) is 28.0 Å². The lowest BCUT2D eigenvalue weighted by atomic mass is 9.97. The van der Waals surface area contributed by atoms with Crippen LogP contribution in [0, 0.1) is 5.82 Å². The maximum absolute atomic E-state index is 14.9. The number of hydrogen-bond acceptors (Lipinski definition) is 5. The van der Waals surface area contributed by atoms with Crippen molar-refractivity contribution >= 4 is 22.1 Å². The molecule has 0 fully saturated rings. The Hall–Kier alpha value is -3.81. The van der Waals surface area contributed by atoms with Crippen LogP contribution in [0.3, 0.4) is 0 Å². The molecular weight excluding hydrogens is 383 g/mol. The fourth-order valence-electron chi connectivity index (χ4n) is 3.82. The third-order valence-corrected chi connectivity index (χ3v) is 5.26. The fraction of sp³-hybridized carbons (Fsp3) is 0.182. The third kappa shape index (κ3) is 2.72. The lowest BCUT2D eigenvalue weighted by molar-refractivity contribution is 0.419. The van der Waals surface area contributed by atoms with Crippen molar-refractivity contribution in [2.45, 2.75) is 13.5 Å². The molecule has 0 aliphatic carbocycles. The Morgan fingerprint density at radius 1 is 1.07 bits per heavy atom. The molecule has 0 unspecified atom stereocenters. The summed E-state index contributed by atoms with van der Waals surface area (Å²) in [5, 5.41) is 13.7. The molecule has 5 aromatic rings. The number of imidazole rings is 1. The zero-order valence-electron chi connectivity index (χ0n) is 16.8. The molecule has 3 heterocycles. The van der Waals surface area contributed by atoms with Crippen LogP contribution in [0.2, 0.25) is 0 Å². The zero-order chi connectivity index (χ0) is 20.8. The molecule has 30 heavy (non-hydrogen) atoms. The maximum Gasteiger partial charge on any atom is 0.183 e. The standard InChI is InChI=1S/C22H19FN6O/c1-4-29-12-24-20-17(10-25-26-22(20)29)13-6-8-18(23)16(9-13)15-7-5-14-11-28(2)27-19(14)21(15)30-3/h5-12H,4H2,1-3H3. The summed E-state index contributed by atoms with van der Waals surface area (Å²) in [6.07, 6.45) is 5.30. The van der Waals surface area contributed by atoms with Gasteiger partial charge in [-0.2, -0.15) is 10.2 Å². The molecule has 0 spiro atoms. The summed E-state index contributed by atoms with van der Waals surface area (Å²) in [7, 11) is 3.42. The highest BCUT2D eigenvalue weighted by Gasteiger charge is 2.18. The average Bonchev–Trinajstić information content (AvgIpc) is 3.35. The highest BCUT2D eigenvalue weighted by atomic mass is 19.1. The van der Waals surface area contributed by atoms with Crippen molar-refractivity contribution in [3.63, 3.8) is 0 Å². The van der Waals surface area contributed by atoms with Gasteiger partial charge in [-0.1, -0.05) is 12.1 Å². The molecule has 0 atom stereocenters. The molecule has 5 rings (SSSR count). The number of rotatable bonds is 4. The van der Waals surface area contributed by atoms with Gasteiger partial charge in [-0.15, -0.1) is 5.10 Å². The van der Waals surface area contributed by atoms with Crippen molar-refractivity contribution in [3.05, 3.63) is 54.9 Å². The molecule has 8 heteroatoms. The number of aryl methyl sites for hydroxylation is 2.